The molecule has 3 amide bonds. The van der Waals surface area contributed by atoms with Crippen molar-refractivity contribution in [2.45, 2.75) is 63.7 Å². The van der Waals surface area contributed by atoms with E-state index in [1.807, 2.05) is 0 Å². The topological polar surface area (TPSA) is 119 Å². The number of carbonyl (C=O) groups excluding carboxylic acids is 3. The monoisotopic (exact) mass is 440 g/mol. The molecule has 5 atom stereocenters. The van der Waals surface area contributed by atoms with E-state index >= 15 is 0 Å². The van der Waals surface area contributed by atoms with E-state index in [4.69, 9.17) is 11.5 Å². The number of benzene rings is 1. The Bertz CT molecular complexity index is 895. The number of hydrogen-bond acceptors (Lipinski definition) is 4. The second-order valence-corrected chi connectivity index (χ2v) is 8.76. The molecule has 0 bridgehead atoms. The predicted molar refractivity (Wildman–Crippen MR) is 106 cm³/mol. The highest BCUT2D eigenvalue weighted by Gasteiger charge is 2.55. The van der Waals surface area contributed by atoms with Crippen LogP contribution in [0.5, 0.6) is 0 Å². The highest BCUT2D eigenvalue weighted by molar-refractivity contribution is 5.89. The fourth-order valence-corrected chi connectivity index (χ4v) is 4.15. The Kier molecular flexibility index (Phi) is 6.59. The largest absolute Gasteiger partial charge is 0.368 e. The molecule has 4 unspecified atom stereocenters. The summed E-state index contributed by atoms with van der Waals surface area (Å²) in [6.45, 7) is 3.49. The molecule has 0 aromatic heterocycles. The fourth-order valence-electron chi connectivity index (χ4n) is 4.15. The van der Waals surface area contributed by atoms with Gasteiger partial charge in [-0.3, -0.25) is 14.4 Å². The zero-order valence-corrected chi connectivity index (χ0v) is 17.4. The number of halogens is 3. The van der Waals surface area contributed by atoms with Crippen LogP contribution in [-0.2, 0) is 20.8 Å². The summed E-state index contributed by atoms with van der Waals surface area (Å²) in [6.07, 6.45) is 0.762. The van der Waals surface area contributed by atoms with Crippen LogP contribution < -0.4 is 16.8 Å². The van der Waals surface area contributed by atoms with Crippen LogP contribution in [-0.4, -0.2) is 46.8 Å². The molecule has 31 heavy (non-hydrogen) atoms. The highest BCUT2D eigenvalue weighted by atomic mass is 19.2. The standard InChI is InChI=1S/C21H27F3N4O3/c1-9(2)19(25)21(31)27-12(3-10-4-14(23)15(24)8-13(10)22)7-18(29)28-16-5-11(16)6-17(28)20(26)30/h4,8-9,11-12,16-17,19H,3,5-7,25H2,1-2H3,(H2,26,30)(H,27,31)/t11?,12-,16?,17?,19?/m1/s1. The Hall–Kier alpha value is -2.62. The van der Waals surface area contributed by atoms with E-state index in [9.17, 15) is 27.6 Å². The van der Waals surface area contributed by atoms with Gasteiger partial charge in [0.1, 0.15) is 11.9 Å². The molecule has 1 saturated heterocycles. The van der Waals surface area contributed by atoms with Gasteiger partial charge in [0.15, 0.2) is 11.6 Å². The van der Waals surface area contributed by atoms with Gasteiger partial charge < -0.3 is 21.7 Å². The van der Waals surface area contributed by atoms with Crippen molar-refractivity contribution in [3.63, 3.8) is 0 Å². The fraction of sp³-hybridized carbons (Fsp3) is 0.571. The second-order valence-electron chi connectivity index (χ2n) is 8.76. The Balaban J connectivity index is 1.80. The van der Waals surface area contributed by atoms with Gasteiger partial charge >= 0.3 is 0 Å². The van der Waals surface area contributed by atoms with Gasteiger partial charge in [0.2, 0.25) is 17.7 Å². The molecule has 1 aromatic rings. The van der Waals surface area contributed by atoms with Gasteiger partial charge in [-0.15, -0.1) is 0 Å². The van der Waals surface area contributed by atoms with Crippen molar-refractivity contribution >= 4 is 17.7 Å². The molecule has 0 spiro atoms. The summed E-state index contributed by atoms with van der Waals surface area (Å²) in [5.41, 5.74) is 11.1. The van der Waals surface area contributed by atoms with E-state index in [1.54, 1.807) is 13.8 Å². The number of amides is 3. The SMILES string of the molecule is CC(C)C(N)C(=O)N[C@@H](CC(=O)N1C(C(N)=O)CC2CC21)Cc1cc(F)c(F)cc1F. The van der Waals surface area contributed by atoms with Crippen molar-refractivity contribution in [1.29, 1.82) is 0 Å². The number of fused-ring (bicyclic) bond motifs is 1. The Labute approximate surface area is 178 Å². The Morgan fingerprint density at radius 3 is 2.39 bits per heavy atom. The molecule has 10 heteroatoms. The van der Waals surface area contributed by atoms with E-state index in [0.29, 0.717) is 18.6 Å². The van der Waals surface area contributed by atoms with Crippen LogP contribution in [0.1, 0.15) is 38.7 Å². The molecule has 1 aliphatic heterocycles. The van der Waals surface area contributed by atoms with E-state index in [-0.39, 0.29) is 36.3 Å². The molecule has 1 saturated carbocycles. The number of nitrogens with zero attached hydrogens (tertiary/aromatic N) is 1. The minimum absolute atomic E-state index is 0.0701. The van der Waals surface area contributed by atoms with Crippen LogP contribution in [0.25, 0.3) is 0 Å². The lowest BCUT2D eigenvalue weighted by molar-refractivity contribution is -0.139. The van der Waals surface area contributed by atoms with Crippen LogP contribution in [0.3, 0.4) is 0 Å². The first-order valence-electron chi connectivity index (χ1n) is 10.3. The van der Waals surface area contributed by atoms with Crippen molar-refractivity contribution in [1.82, 2.24) is 10.2 Å². The maximum absolute atomic E-state index is 14.2. The summed E-state index contributed by atoms with van der Waals surface area (Å²) < 4.78 is 41.1. The van der Waals surface area contributed by atoms with Crippen molar-refractivity contribution in [2.75, 3.05) is 0 Å². The lowest BCUT2D eigenvalue weighted by atomic mass is 9.99. The second kappa shape index (κ2) is 8.86. The van der Waals surface area contributed by atoms with Crippen molar-refractivity contribution in [3.8, 4) is 0 Å². The summed E-state index contributed by atoms with van der Waals surface area (Å²) >= 11 is 0. The number of nitrogens with two attached hydrogens (primary N) is 2. The zero-order valence-electron chi connectivity index (χ0n) is 17.4. The van der Waals surface area contributed by atoms with Gasteiger partial charge in [-0.1, -0.05) is 13.8 Å². The number of primary amides is 1. The number of hydrogen-bond donors (Lipinski definition) is 3. The van der Waals surface area contributed by atoms with E-state index < -0.39 is 53.3 Å². The average molecular weight is 440 g/mol. The molecule has 2 aliphatic rings. The van der Waals surface area contributed by atoms with Gasteiger partial charge in [-0.05, 0) is 42.7 Å². The zero-order chi connectivity index (χ0) is 23.0. The molecule has 1 aliphatic carbocycles. The normalized spacial score (nSPS) is 24.0. The third-order valence-corrected chi connectivity index (χ3v) is 6.06. The summed E-state index contributed by atoms with van der Waals surface area (Å²) in [4.78, 5) is 38.6. The van der Waals surface area contributed by atoms with Crippen molar-refractivity contribution in [3.05, 3.63) is 35.1 Å². The van der Waals surface area contributed by atoms with Crippen LogP contribution in [0.4, 0.5) is 13.2 Å². The Morgan fingerprint density at radius 2 is 1.77 bits per heavy atom. The number of rotatable bonds is 8. The molecule has 1 heterocycles. The van der Waals surface area contributed by atoms with Gasteiger partial charge in [0, 0.05) is 24.6 Å². The molecule has 7 nitrogen and oxygen atoms in total. The number of nitrogens with one attached hydrogen (secondary N) is 1. The number of carbonyl (C=O) groups is 3. The van der Waals surface area contributed by atoms with Crippen LogP contribution >= 0.6 is 0 Å². The third kappa shape index (κ3) is 5.00. The van der Waals surface area contributed by atoms with Gasteiger partial charge in [-0.2, -0.15) is 0 Å². The first kappa shape index (κ1) is 23.1. The number of likely N-dealkylation sites (tertiary alicyclic amines) is 1. The molecule has 0 radical (unpaired) electrons. The van der Waals surface area contributed by atoms with E-state index in [0.717, 1.165) is 6.42 Å². The van der Waals surface area contributed by atoms with Crippen molar-refractivity contribution < 1.29 is 27.6 Å². The van der Waals surface area contributed by atoms with Crippen LogP contribution in [0, 0.1) is 29.3 Å². The highest BCUT2D eigenvalue weighted by Crippen LogP contribution is 2.48. The van der Waals surface area contributed by atoms with E-state index in [1.165, 1.54) is 4.90 Å². The minimum Gasteiger partial charge on any atom is -0.368 e. The van der Waals surface area contributed by atoms with Gasteiger partial charge in [-0.25, -0.2) is 13.2 Å². The maximum Gasteiger partial charge on any atom is 0.240 e. The number of piperidine rings is 1. The van der Waals surface area contributed by atoms with Crippen LogP contribution in [0.15, 0.2) is 12.1 Å². The predicted octanol–water partition coefficient (Wildman–Crippen LogP) is 0.979. The lowest BCUT2D eigenvalue weighted by Gasteiger charge is -2.28. The smallest absolute Gasteiger partial charge is 0.240 e. The first-order chi connectivity index (χ1) is 14.5. The molecule has 1 aromatic carbocycles. The quantitative estimate of drug-likeness (QED) is 0.522. The lowest BCUT2D eigenvalue weighted by Crippen LogP contribution is -2.51. The summed E-state index contributed by atoms with van der Waals surface area (Å²) in [6, 6.07) is -1.47. The maximum atomic E-state index is 14.2. The van der Waals surface area contributed by atoms with Gasteiger partial charge in [0.05, 0.1) is 6.04 Å². The summed E-state index contributed by atoms with van der Waals surface area (Å²) in [5.74, 6) is -5.09. The van der Waals surface area contributed by atoms with Crippen LogP contribution in [0.2, 0.25) is 0 Å². The summed E-state index contributed by atoms with van der Waals surface area (Å²) in [7, 11) is 0. The van der Waals surface area contributed by atoms with Gasteiger partial charge in [0.25, 0.3) is 0 Å². The Morgan fingerprint density at radius 1 is 1.13 bits per heavy atom. The average Bonchev–Trinajstić information content (AvgIpc) is 3.34. The minimum atomic E-state index is -1.33. The third-order valence-electron chi connectivity index (χ3n) is 6.06. The van der Waals surface area contributed by atoms with E-state index in [2.05, 4.69) is 5.32 Å². The molecular weight excluding hydrogens is 413 g/mol. The van der Waals surface area contributed by atoms with Crippen molar-refractivity contribution in [2.24, 2.45) is 23.3 Å². The first-order valence-corrected chi connectivity index (χ1v) is 10.3. The molecule has 170 valence electrons. The molecule has 3 rings (SSSR count). The molecular formula is C21H27F3N4O3. The summed E-state index contributed by atoms with van der Waals surface area (Å²) in [5, 5.41) is 2.62. The molecule has 2 fully saturated rings. The molecule has 5 N–H and O–H groups in total.